The van der Waals surface area contributed by atoms with Crippen LogP contribution in [0.2, 0.25) is 0 Å². The lowest BCUT2D eigenvalue weighted by Crippen LogP contribution is -2.21. The van der Waals surface area contributed by atoms with E-state index >= 15 is 0 Å². The lowest BCUT2D eigenvalue weighted by molar-refractivity contribution is -0.117. The molecule has 0 spiro atoms. The predicted octanol–water partition coefficient (Wildman–Crippen LogP) is 3.40. The van der Waals surface area contributed by atoms with Gasteiger partial charge < -0.3 is 15.0 Å². The average molecular weight is 406 g/mol. The van der Waals surface area contributed by atoms with Crippen LogP contribution >= 0.6 is 0 Å². The molecule has 1 aliphatic rings. The van der Waals surface area contributed by atoms with Gasteiger partial charge in [0.15, 0.2) is 0 Å². The van der Waals surface area contributed by atoms with Gasteiger partial charge in [0.2, 0.25) is 5.91 Å². The fraction of sp³-hybridized carbons (Fsp3) is 0.391. The number of aliphatic hydroxyl groups is 1. The van der Waals surface area contributed by atoms with Gasteiger partial charge >= 0.3 is 0 Å². The number of carbonyl (C=O) groups excluding carboxylic acids is 1. The molecule has 1 amide bonds. The molecule has 0 radical (unpaired) electrons. The number of aliphatic hydroxyl groups excluding tert-OH is 1. The number of carbonyl (C=O) groups is 1. The van der Waals surface area contributed by atoms with E-state index in [1.165, 1.54) is 0 Å². The van der Waals surface area contributed by atoms with Gasteiger partial charge in [-0.15, -0.1) is 0 Å². The van der Waals surface area contributed by atoms with E-state index in [1.54, 1.807) is 23.9 Å². The average Bonchev–Trinajstić information content (AvgIpc) is 3.56. The van der Waals surface area contributed by atoms with Crippen molar-refractivity contribution in [1.82, 2.24) is 14.5 Å². The second-order valence-electron chi connectivity index (χ2n) is 8.06. The topological polar surface area (TPSA) is 97.1 Å². The first-order valence-electron chi connectivity index (χ1n) is 10.3. The highest BCUT2D eigenvalue weighted by molar-refractivity contribution is 5.95. The molecule has 1 saturated carbocycles. The van der Waals surface area contributed by atoms with E-state index in [-0.39, 0.29) is 17.4 Å². The number of hydrogen-bond acceptors (Lipinski definition) is 5. The molecule has 3 aromatic heterocycles. The molecule has 1 atom stereocenters. The molecule has 2 N–H and O–H groups in total. The number of aromatic nitrogens is 3. The summed E-state index contributed by atoms with van der Waals surface area (Å²) in [6.45, 7) is 5.68. The zero-order chi connectivity index (χ0) is 21.6. The van der Waals surface area contributed by atoms with Gasteiger partial charge in [0.05, 0.1) is 17.3 Å². The van der Waals surface area contributed by atoms with E-state index in [2.05, 4.69) is 15.3 Å². The van der Waals surface area contributed by atoms with Crippen LogP contribution in [0.5, 0.6) is 0 Å². The minimum absolute atomic E-state index is 0.0184. The van der Waals surface area contributed by atoms with Crippen LogP contribution in [0, 0.1) is 19.8 Å². The fourth-order valence-electron chi connectivity index (χ4n) is 3.83. The van der Waals surface area contributed by atoms with Gasteiger partial charge in [0.25, 0.3) is 5.56 Å². The molecular weight excluding hydrogens is 380 g/mol. The summed E-state index contributed by atoms with van der Waals surface area (Å²) < 4.78 is 1.58. The maximum absolute atomic E-state index is 13.2. The highest BCUT2D eigenvalue weighted by Crippen LogP contribution is 2.31. The second kappa shape index (κ2) is 7.65. The summed E-state index contributed by atoms with van der Waals surface area (Å²) in [6.07, 6.45) is 3.47. The number of anilines is 1. The smallest absolute Gasteiger partial charge is 0.258 e. The molecular formula is C23H26N4O3. The van der Waals surface area contributed by atoms with Gasteiger partial charge in [-0.1, -0.05) is 6.92 Å². The Morgan fingerprint density at radius 2 is 2.03 bits per heavy atom. The Labute approximate surface area is 174 Å². The summed E-state index contributed by atoms with van der Waals surface area (Å²) in [4.78, 5) is 34.1. The third-order valence-electron chi connectivity index (χ3n) is 5.72. The van der Waals surface area contributed by atoms with E-state index in [0.717, 1.165) is 29.4 Å². The molecule has 3 heterocycles. The maximum atomic E-state index is 13.2. The monoisotopic (exact) mass is 406 g/mol. The van der Waals surface area contributed by atoms with Crippen molar-refractivity contribution >= 4 is 22.6 Å². The van der Waals surface area contributed by atoms with E-state index in [9.17, 15) is 14.7 Å². The minimum atomic E-state index is -0.621. The van der Waals surface area contributed by atoms with Crippen LogP contribution in [0.4, 0.5) is 5.82 Å². The number of nitrogens with one attached hydrogen (secondary N) is 1. The van der Waals surface area contributed by atoms with Crippen molar-refractivity contribution in [2.75, 3.05) is 5.32 Å². The SMILES string of the molecule is CCC(O)c1cc(C)c(-c2cc3cnc(NC(=O)C4CC4)cc3n(C)c2=O)c(C)n1. The highest BCUT2D eigenvalue weighted by atomic mass is 16.3. The molecule has 0 bridgehead atoms. The number of aryl methyl sites for hydroxylation is 3. The number of rotatable bonds is 5. The summed E-state index contributed by atoms with van der Waals surface area (Å²) in [5.41, 5.74) is 4.08. The van der Waals surface area contributed by atoms with E-state index < -0.39 is 6.10 Å². The van der Waals surface area contributed by atoms with Crippen molar-refractivity contribution < 1.29 is 9.90 Å². The Morgan fingerprint density at radius 1 is 1.30 bits per heavy atom. The molecule has 7 nitrogen and oxygen atoms in total. The standard InChI is InChI=1S/C23H26N4O3/c1-5-19(28)17-8-12(2)21(13(3)25-17)16-9-15-11-24-20(26-22(29)14-6-7-14)10-18(15)27(4)23(16)30/h8-11,14,19,28H,5-7H2,1-4H3,(H,24,26,29). The minimum Gasteiger partial charge on any atom is -0.387 e. The molecule has 30 heavy (non-hydrogen) atoms. The van der Waals surface area contributed by atoms with Gasteiger partial charge in [0.1, 0.15) is 5.82 Å². The molecule has 3 aromatic rings. The first kappa shape index (κ1) is 20.2. The number of hydrogen-bond donors (Lipinski definition) is 2. The second-order valence-corrected chi connectivity index (χ2v) is 8.06. The van der Waals surface area contributed by atoms with Crippen molar-refractivity contribution in [2.24, 2.45) is 13.0 Å². The zero-order valence-corrected chi connectivity index (χ0v) is 17.7. The summed E-state index contributed by atoms with van der Waals surface area (Å²) in [7, 11) is 1.72. The Bertz CT molecular complexity index is 1190. The number of amides is 1. The Kier molecular flexibility index (Phi) is 5.15. The summed E-state index contributed by atoms with van der Waals surface area (Å²) >= 11 is 0. The normalized spacial score (nSPS) is 14.7. The molecule has 7 heteroatoms. The largest absolute Gasteiger partial charge is 0.387 e. The molecule has 0 saturated heterocycles. The van der Waals surface area contributed by atoms with Gasteiger partial charge in [-0.25, -0.2) is 4.98 Å². The van der Waals surface area contributed by atoms with Crippen molar-refractivity contribution in [3.63, 3.8) is 0 Å². The van der Waals surface area contributed by atoms with Crippen molar-refractivity contribution in [2.45, 2.75) is 46.1 Å². The Morgan fingerprint density at radius 3 is 2.67 bits per heavy atom. The molecule has 156 valence electrons. The van der Waals surface area contributed by atoms with Gasteiger partial charge in [0, 0.05) is 47.4 Å². The van der Waals surface area contributed by atoms with Crippen molar-refractivity contribution in [3.05, 3.63) is 51.7 Å². The third-order valence-corrected chi connectivity index (χ3v) is 5.72. The molecule has 1 aliphatic carbocycles. The van der Waals surface area contributed by atoms with Crippen LogP contribution in [-0.4, -0.2) is 25.5 Å². The lowest BCUT2D eigenvalue weighted by atomic mass is 9.97. The molecule has 4 rings (SSSR count). The van der Waals surface area contributed by atoms with Gasteiger partial charge in [-0.2, -0.15) is 0 Å². The Balaban J connectivity index is 1.80. The van der Waals surface area contributed by atoms with Crippen LogP contribution in [0.15, 0.2) is 29.2 Å². The molecule has 1 fully saturated rings. The highest BCUT2D eigenvalue weighted by Gasteiger charge is 2.29. The first-order chi connectivity index (χ1) is 14.3. The maximum Gasteiger partial charge on any atom is 0.258 e. The van der Waals surface area contributed by atoms with Crippen LogP contribution in [0.1, 0.15) is 49.2 Å². The quantitative estimate of drug-likeness (QED) is 0.677. The van der Waals surface area contributed by atoms with Crippen LogP contribution in [0.3, 0.4) is 0 Å². The molecule has 0 aromatic carbocycles. The zero-order valence-electron chi connectivity index (χ0n) is 17.7. The van der Waals surface area contributed by atoms with E-state index in [1.807, 2.05) is 32.9 Å². The number of nitrogens with zero attached hydrogens (tertiary/aromatic N) is 3. The lowest BCUT2D eigenvalue weighted by Gasteiger charge is -2.16. The molecule has 0 aliphatic heterocycles. The number of fused-ring (bicyclic) bond motifs is 1. The van der Waals surface area contributed by atoms with Gasteiger partial charge in [-0.3, -0.25) is 14.6 Å². The van der Waals surface area contributed by atoms with Crippen molar-refractivity contribution in [3.8, 4) is 11.1 Å². The fourth-order valence-corrected chi connectivity index (χ4v) is 3.83. The summed E-state index contributed by atoms with van der Waals surface area (Å²) in [5, 5.41) is 13.8. The molecule has 1 unspecified atom stereocenters. The van der Waals surface area contributed by atoms with Crippen molar-refractivity contribution in [1.29, 1.82) is 0 Å². The number of pyridine rings is 3. The van der Waals surface area contributed by atoms with Crippen LogP contribution in [0.25, 0.3) is 22.0 Å². The van der Waals surface area contributed by atoms with Gasteiger partial charge in [-0.05, 0) is 50.8 Å². The summed E-state index contributed by atoms with van der Waals surface area (Å²) in [6, 6.07) is 5.40. The predicted molar refractivity (Wildman–Crippen MR) is 116 cm³/mol. The summed E-state index contributed by atoms with van der Waals surface area (Å²) in [5.74, 6) is 0.519. The van der Waals surface area contributed by atoms with Crippen LogP contribution < -0.4 is 10.9 Å². The van der Waals surface area contributed by atoms with E-state index in [0.29, 0.717) is 34.7 Å². The third kappa shape index (κ3) is 3.61. The van der Waals surface area contributed by atoms with Crippen LogP contribution in [-0.2, 0) is 11.8 Å². The van der Waals surface area contributed by atoms with E-state index in [4.69, 9.17) is 0 Å². The first-order valence-corrected chi connectivity index (χ1v) is 10.3. The Hall–Kier alpha value is -3.06.